The van der Waals surface area contributed by atoms with Crippen LogP contribution in [0.1, 0.15) is 18.0 Å². The van der Waals surface area contributed by atoms with Gasteiger partial charge in [-0.3, -0.25) is 4.79 Å². The van der Waals surface area contributed by atoms with Crippen molar-refractivity contribution in [3.05, 3.63) is 53.1 Å². The van der Waals surface area contributed by atoms with Crippen LogP contribution in [0, 0.1) is 0 Å². The van der Waals surface area contributed by atoms with Gasteiger partial charge < -0.3 is 15.3 Å². The fraction of sp³-hybridized carbons (Fsp3) is 0.188. The Kier molecular flexibility index (Phi) is 3.47. The molecule has 0 radical (unpaired) electrons. The molecule has 5 heteroatoms. The lowest BCUT2D eigenvalue weighted by Gasteiger charge is -2.32. The summed E-state index contributed by atoms with van der Waals surface area (Å²) in [6, 6.07) is 12.7. The summed E-state index contributed by atoms with van der Waals surface area (Å²) in [6.45, 7) is 0. The summed E-state index contributed by atoms with van der Waals surface area (Å²) in [5.41, 5.74) is 2.76. The minimum atomic E-state index is -0.106. The zero-order valence-electron chi connectivity index (χ0n) is 11.5. The van der Waals surface area contributed by atoms with Crippen LogP contribution in [0.2, 0.25) is 5.02 Å². The number of para-hydroxylation sites is 1. The molecule has 4 nitrogen and oxygen atoms in total. The zero-order chi connectivity index (χ0) is 15.0. The minimum absolute atomic E-state index is 0.0436. The van der Waals surface area contributed by atoms with Crippen molar-refractivity contribution in [3.8, 4) is 5.75 Å². The number of hydrogen-bond acceptors (Lipinski definition) is 3. The molecular weight excluding hydrogens is 288 g/mol. The van der Waals surface area contributed by atoms with E-state index in [1.807, 2.05) is 24.3 Å². The summed E-state index contributed by atoms with van der Waals surface area (Å²) in [4.78, 5) is 13.8. The van der Waals surface area contributed by atoms with Gasteiger partial charge in [0, 0.05) is 18.4 Å². The number of fused-ring (bicyclic) bond motifs is 1. The van der Waals surface area contributed by atoms with E-state index >= 15 is 0 Å². The van der Waals surface area contributed by atoms with Crippen LogP contribution in [0.4, 0.5) is 11.4 Å². The van der Waals surface area contributed by atoms with Crippen molar-refractivity contribution in [2.75, 3.05) is 17.3 Å². The van der Waals surface area contributed by atoms with E-state index in [4.69, 9.17) is 11.6 Å². The molecule has 0 saturated carbocycles. The van der Waals surface area contributed by atoms with Crippen molar-refractivity contribution in [3.63, 3.8) is 0 Å². The topological polar surface area (TPSA) is 52.6 Å². The van der Waals surface area contributed by atoms with Crippen molar-refractivity contribution in [2.24, 2.45) is 0 Å². The number of rotatable bonds is 2. The number of phenols is 1. The van der Waals surface area contributed by atoms with Crippen molar-refractivity contribution < 1.29 is 9.90 Å². The van der Waals surface area contributed by atoms with Gasteiger partial charge in [0.1, 0.15) is 5.75 Å². The molecule has 1 unspecified atom stereocenters. The Labute approximate surface area is 128 Å². The lowest BCUT2D eigenvalue weighted by atomic mass is 9.96. The van der Waals surface area contributed by atoms with Gasteiger partial charge in [-0.25, -0.2) is 0 Å². The highest BCUT2D eigenvalue weighted by molar-refractivity contribution is 6.32. The third-order valence-electron chi connectivity index (χ3n) is 3.71. The summed E-state index contributed by atoms with van der Waals surface area (Å²) in [5.74, 6) is 0.109. The fourth-order valence-electron chi connectivity index (χ4n) is 2.57. The zero-order valence-corrected chi connectivity index (χ0v) is 12.3. The van der Waals surface area contributed by atoms with Crippen molar-refractivity contribution >= 4 is 28.9 Å². The van der Waals surface area contributed by atoms with Gasteiger partial charge >= 0.3 is 0 Å². The van der Waals surface area contributed by atoms with E-state index in [1.165, 1.54) is 6.07 Å². The number of amides is 1. The van der Waals surface area contributed by atoms with Gasteiger partial charge in [-0.1, -0.05) is 29.8 Å². The molecule has 0 aliphatic carbocycles. The van der Waals surface area contributed by atoms with E-state index in [0.29, 0.717) is 6.42 Å². The Balaban J connectivity index is 1.93. The van der Waals surface area contributed by atoms with Gasteiger partial charge in [0.05, 0.1) is 17.5 Å². The Morgan fingerprint density at radius 3 is 2.81 bits per heavy atom. The predicted octanol–water partition coefficient (Wildman–Crippen LogP) is 3.57. The number of nitrogens with one attached hydrogen (secondary N) is 1. The third-order valence-corrected chi connectivity index (χ3v) is 4.02. The van der Waals surface area contributed by atoms with Crippen LogP contribution in [0.5, 0.6) is 5.75 Å². The fourth-order valence-corrected chi connectivity index (χ4v) is 2.75. The molecular formula is C16H15ClN2O2. The van der Waals surface area contributed by atoms with Crippen LogP contribution < -0.4 is 10.2 Å². The van der Waals surface area contributed by atoms with E-state index < -0.39 is 0 Å². The second-order valence-corrected chi connectivity index (χ2v) is 5.49. The summed E-state index contributed by atoms with van der Waals surface area (Å²) in [6.07, 6.45) is 0.381. The largest absolute Gasteiger partial charge is 0.506 e. The molecule has 0 aromatic heterocycles. The van der Waals surface area contributed by atoms with Crippen molar-refractivity contribution in [2.45, 2.75) is 12.5 Å². The van der Waals surface area contributed by atoms with Crippen LogP contribution in [-0.2, 0) is 4.79 Å². The highest BCUT2D eigenvalue weighted by Gasteiger charge is 2.28. The molecule has 1 atom stereocenters. The second kappa shape index (κ2) is 5.30. The first-order chi connectivity index (χ1) is 10.1. The van der Waals surface area contributed by atoms with Crippen LogP contribution in [0.25, 0.3) is 0 Å². The number of nitrogens with zero attached hydrogens (tertiary/aromatic N) is 1. The van der Waals surface area contributed by atoms with Crippen molar-refractivity contribution in [1.82, 2.24) is 0 Å². The van der Waals surface area contributed by atoms with Crippen LogP contribution >= 0.6 is 11.6 Å². The maximum atomic E-state index is 12.1. The minimum Gasteiger partial charge on any atom is -0.506 e. The lowest BCUT2D eigenvalue weighted by molar-refractivity contribution is -0.118. The van der Waals surface area contributed by atoms with Crippen LogP contribution in [0.15, 0.2) is 42.5 Å². The molecule has 1 aliphatic rings. The van der Waals surface area contributed by atoms with E-state index in [1.54, 1.807) is 24.1 Å². The molecule has 108 valence electrons. The summed E-state index contributed by atoms with van der Waals surface area (Å²) in [7, 11) is 1.79. The van der Waals surface area contributed by atoms with E-state index in [0.717, 1.165) is 16.9 Å². The third kappa shape index (κ3) is 2.54. The molecule has 1 heterocycles. The Bertz CT molecular complexity index is 702. The number of aromatic hydroxyl groups is 1. The van der Waals surface area contributed by atoms with Gasteiger partial charge in [0.2, 0.25) is 5.91 Å². The average Bonchev–Trinajstić information content (AvgIpc) is 2.48. The smallest absolute Gasteiger partial charge is 0.229 e. The number of phenolic OH excluding ortho intramolecular Hbond substituents is 1. The quantitative estimate of drug-likeness (QED) is 0.834. The Hall–Kier alpha value is -2.20. The predicted molar refractivity (Wildman–Crippen MR) is 83.9 cm³/mol. The van der Waals surface area contributed by atoms with E-state index in [-0.39, 0.29) is 22.7 Å². The highest BCUT2D eigenvalue weighted by Crippen LogP contribution is 2.36. The van der Waals surface area contributed by atoms with Crippen molar-refractivity contribution in [1.29, 1.82) is 0 Å². The summed E-state index contributed by atoms with van der Waals surface area (Å²) < 4.78 is 0. The van der Waals surface area contributed by atoms with Crippen LogP contribution in [-0.4, -0.2) is 18.1 Å². The van der Waals surface area contributed by atoms with Gasteiger partial charge in [-0.2, -0.15) is 0 Å². The maximum Gasteiger partial charge on any atom is 0.229 e. The van der Waals surface area contributed by atoms with Gasteiger partial charge in [-0.15, -0.1) is 0 Å². The number of anilines is 2. The molecule has 2 N–H and O–H groups in total. The average molecular weight is 303 g/mol. The highest BCUT2D eigenvalue weighted by atomic mass is 35.5. The van der Waals surface area contributed by atoms with Gasteiger partial charge in [0.15, 0.2) is 0 Å². The molecule has 0 spiro atoms. The molecule has 2 aromatic carbocycles. The molecule has 3 rings (SSSR count). The van der Waals surface area contributed by atoms with E-state index in [9.17, 15) is 9.90 Å². The number of halogens is 1. The number of benzene rings is 2. The normalized spacial score (nSPS) is 17.5. The van der Waals surface area contributed by atoms with Gasteiger partial charge in [-0.05, 0) is 29.8 Å². The molecule has 0 bridgehead atoms. The molecule has 0 saturated heterocycles. The Morgan fingerprint density at radius 1 is 1.29 bits per heavy atom. The molecule has 0 fully saturated rings. The first kappa shape index (κ1) is 13.8. The van der Waals surface area contributed by atoms with Gasteiger partial charge in [0.25, 0.3) is 0 Å². The number of carbonyl (C=O) groups is 1. The lowest BCUT2D eigenvalue weighted by Crippen LogP contribution is -2.35. The molecule has 1 amide bonds. The molecule has 1 aliphatic heterocycles. The Morgan fingerprint density at radius 2 is 2.05 bits per heavy atom. The number of hydrogen-bond donors (Lipinski definition) is 2. The first-order valence-electron chi connectivity index (χ1n) is 6.67. The summed E-state index contributed by atoms with van der Waals surface area (Å²) in [5, 5.41) is 13.1. The van der Waals surface area contributed by atoms with E-state index in [2.05, 4.69) is 5.32 Å². The molecule has 2 aromatic rings. The van der Waals surface area contributed by atoms with Crippen LogP contribution in [0.3, 0.4) is 0 Å². The second-order valence-electron chi connectivity index (χ2n) is 5.08. The molecule has 21 heavy (non-hydrogen) atoms. The SMILES string of the molecule is CN1C(=O)CC(Nc2ccc(O)c(Cl)c2)c2ccccc21. The summed E-state index contributed by atoms with van der Waals surface area (Å²) >= 11 is 5.92. The number of carbonyl (C=O) groups excluding carboxylic acids is 1. The monoisotopic (exact) mass is 302 g/mol. The standard InChI is InChI=1S/C16H15ClN2O2/c1-19-14-5-3-2-4-11(14)13(9-16(19)21)18-10-6-7-15(20)12(17)8-10/h2-8,13,18,20H,9H2,1H3. The maximum absolute atomic E-state index is 12.1. The first-order valence-corrected chi connectivity index (χ1v) is 7.04.